The highest BCUT2D eigenvalue weighted by Gasteiger charge is 2.28. The number of hydrogen-bond acceptors (Lipinski definition) is 4. The molecule has 0 aliphatic carbocycles. The number of hydrogen-bond donors (Lipinski definition) is 1. The maximum atomic E-state index is 12.6. The van der Waals surface area contributed by atoms with Crippen LogP contribution in [-0.2, 0) is 20.7 Å². The summed E-state index contributed by atoms with van der Waals surface area (Å²) in [6.45, 7) is 3.65. The standard InChI is InChI=1S/C19H28N2O3.ClH/c20-9-3-12-23-16-6-10-21(11-7-16)19(22)14-18-17-5-2-1-4-15(17)8-13-24-18;/h1-2,4-5,16,18H,3,6-14,20H2;1H. The van der Waals surface area contributed by atoms with Crippen molar-refractivity contribution in [2.45, 2.75) is 44.3 Å². The summed E-state index contributed by atoms with van der Waals surface area (Å²) in [4.78, 5) is 14.6. The van der Waals surface area contributed by atoms with Gasteiger partial charge in [-0.1, -0.05) is 24.3 Å². The normalized spacial score (nSPS) is 20.7. The van der Waals surface area contributed by atoms with E-state index >= 15 is 0 Å². The number of piperidine rings is 1. The summed E-state index contributed by atoms with van der Waals surface area (Å²) in [6.07, 6.45) is 4.28. The zero-order valence-corrected chi connectivity index (χ0v) is 15.5. The van der Waals surface area contributed by atoms with Crippen molar-refractivity contribution in [1.82, 2.24) is 4.90 Å². The fraction of sp³-hybridized carbons (Fsp3) is 0.632. The molecule has 1 fully saturated rings. The van der Waals surface area contributed by atoms with Gasteiger partial charge in [-0.3, -0.25) is 4.79 Å². The maximum Gasteiger partial charge on any atom is 0.225 e. The molecule has 140 valence electrons. The molecule has 1 aromatic carbocycles. The monoisotopic (exact) mass is 368 g/mol. The highest BCUT2D eigenvalue weighted by atomic mass is 35.5. The Hall–Kier alpha value is -1.14. The van der Waals surface area contributed by atoms with Crippen molar-refractivity contribution >= 4 is 18.3 Å². The van der Waals surface area contributed by atoms with Gasteiger partial charge >= 0.3 is 0 Å². The topological polar surface area (TPSA) is 64.8 Å². The first-order valence-corrected chi connectivity index (χ1v) is 9.07. The number of amides is 1. The minimum Gasteiger partial charge on any atom is -0.378 e. The molecular formula is C19H29ClN2O3. The predicted molar refractivity (Wildman–Crippen MR) is 99.9 cm³/mol. The van der Waals surface area contributed by atoms with Crippen molar-refractivity contribution in [2.24, 2.45) is 5.73 Å². The number of nitrogens with zero attached hydrogens (tertiary/aromatic N) is 1. The number of halogens is 1. The molecule has 25 heavy (non-hydrogen) atoms. The first-order chi connectivity index (χ1) is 11.8. The highest BCUT2D eigenvalue weighted by molar-refractivity contribution is 5.85. The van der Waals surface area contributed by atoms with Crippen LogP contribution in [0.3, 0.4) is 0 Å². The minimum atomic E-state index is -0.0963. The zero-order valence-electron chi connectivity index (χ0n) is 14.7. The van der Waals surface area contributed by atoms with Gasteiger partial charge in [0.25, 0.3) is 0 Å². The van der Waals surface area contributed by atoms with Crippen molar-refractivity contribution in [3.8, 4) is 0 Å². The number of carbonyl (C=O) groups excluding carboxylic acids is 1. The lowest BCUT2D eigenvalue weighted by Crippen LogP contribution is -2.41. The SMILES string of the molecule is Cl.NCCCOC1CCN(C(=O)CC2OCCc3ccccc32)CC1. The number of benzene rings is 1. The number of likely N-dealkylation sites (tertiary alicyclic amines) is 1. The van der Waals surface area contributed by atoms with Gasteiger partial charge in [0.15, 0.2) is 0 Å². The van der Waals surface area contributed by atoms with Gasteiger partial charge in [0, 0.05) is 19.7 Å². The van der Waals surface area contributed by atoms with Crippen LogP contribution in [0.5, 0.6) is 0 Å². The van der Waals surface area contributed by atoms with Crippen molar-refractivity contribution in [3.63, 3.8) is 0 Å². The molecule has 0 saturated carbocycles. The zero-order chi connectivity index (χ0) is 16.8. The molecule has 0 spiro atoms. The van der Waals surface area contributed by atoms with Gasteiger partial charge in [0.1, 0.15) is 0 Å². The third kappa shape index (κ3) is 5.42. The third-order valence-corrected chi connectivity index (χ3v) is 4.95. The number of carbonyl (C=O) groups is 1. The predicted octanol–water partition coefficient (Wildman–Crippen LogP) is 2.47. The molecule has 2 aliphatic rings. The second kappa shape index (κ2) is 10.1. The van der Waals surface area contributed by atoms with Gasteiger partial charge in [-0.2, -0.15) is 0 Å². The van der Waals surface area contributed by atoms with E-state index in [4.69, 9.17) is 15.2 Å². The molecule has 3 rings (SSSR count). The largest absolute Gasteiger partial charge is 0.378 e. The fourth-order valence-corrected chi connectivity index (χ4v) is 3.54. The van der Waals surface area contributed by atoms with Gasteiger partial charge < -0.3 is 20.1 Å². The van der Waals surface area contributed by atoms with Crippen LogP contribution in [0.4, 0.5) is 0 Å². The Morgan fingerprint density at radius 2 is 2.04 bits per heavy atom. The summed E-state index contributed by atoms with van der Waals surface area (Å²) in [5.41, 5.74) is 7.98. The van der Waals surface area contributed by atoms with Crippen LogP contribution < -0.4 is 5.73 Å². The summed E-state index contributed by atoms with van der Waals surface area (Å²) in [5, 5.41) is 0. The molecule has 2 N–H and O–H groups in total. The number of fused-ring (bicyclic) bond motifs is 1. The molecule has 2 heterocycles. The van der Waals surface area contributed by atoms with Gasteiger partial charge in [0.2, 0.25) is 5.91 Å². The van der Waals surface area contributed by atoms with E-state index in [-0.39, 0.29) is 30.5 Å². The Morgan fingerprint density at radius 1 is 1.28 bits per heavy atom. The lowest BCUT2D eigenvalue weighted by Gasteiger charge is -2.33. The molecule has 5 nitrogen and oxygen atoms in total. The van der Waals surface area contributed by atoms with Gasteiger partial charge in [-0.05, 0) is 43.4 Å². The first-order valence-electron chi connectivity index (χ1n) is 9.07. The average Bonchev–Trinajstić information content (AvgIpc) is 2.63. The molecule has 6 heteroatoms. The van der Waals surface area contributed by atoms with E-state index in [1.807, 2.05) is 11.0 Å². The van der Waals surface area contributed by atoms with E-state index < -0.39 is 0 Å². The lowest BCUT2D eigenvalue weighted by atomic mass is 9.95. The van der Waals surface area contributed by atoms with Crippen LogP contribution >= 0.6 is 12.4 Å². The number of nitrogens with two attached hydrogens (primary N) is 1. The summed E-state index contributed by atoms with van der Waals surface area (Å²) < 4.78 is 11.7. The van der Waals surface area contributed by atoms with Crippen molar-refractivity contribution < 1.29 is 14.3 Å². The van der Waals surface area contributed by atoms with E-state index in [0.29, 0.717) is 19.6 Å². The molecule has 1 unspecified atom stereocenters. The Bertz CT molecular complexity index is 547. The Morgan fingerprint density at radius 3 is 2.80 bits per heavy atom. The van der Waals surface area contributed by atoms with Crippen LogP contribution in [0.2, 0.25) is 0 Å². The molecule has 0 bridgehead atoms. The van der Waals surface area contributed by atoms with E-state index in [9.17, 15) is 4.79 Å². The van der Waals surface area contributed by atoms with Crippen LogP contribution in [-0.4, -0.2) is 49.8 Å². The summed E-state index contributed by atoms with van der Waals surface area (Å²) in [5.74, 6) is 0.192. The van der Waals surface area contributed by atoms with E-state index in [1.54, 1.807) is 0 Å². The van der Waals surface area contributed by atoms with Crippen molar-refractivity contribution in [1.29, 1.82) is 0 Å². The third-order valence-electron chi connectivity index (χ3n) is 4.95. The molecule has 1 amide bonds. The molecule has 1 saturated heterocycles. The Kier molecular flexibility index (Phi) is 8.16. The van der Waals surface area contributed by atoms with E-state index in [2.05, 4.69) is 18.2 Å². The van der Waals surface area contributed by atoms with Gasteiger partial charge in [0.05, 0.1) is 25.2 Å². The van der Waals surface area contributed by atoms with E-state index in [0.717, 1.165) is 45.4 Å². The summed E-state index contributed by atoms with van der Waals surface area (Å²) in [7, 11) is 0. The Balaban J connectivity index is 0.00000225. The maximum absolute atomic E-state index is 12.6. The quantitative estimate of drug-likeness (QED) is 0.783. The van der Waals surface area contributed by atoms with Crippen LogP contribution in [0.25, 0.3) is 0 Å². The van der Waals surface area contributed by atoms with Crippen molar-refractivity contribution in [3.05, 3.63) is 35.4 Å². The van der Waals surface area contributed by atoms with Crippen LogP contribution in [0, 0.1) is 0 Å². The molecular weight excluding hydrogens is 340 g/mol. The number of rotatable bonds is 6. The van der Waals surface area contributed by atoms with E-state index in [1.165, 1.54) is 11.1 Å². The number of ether oxygens (including phenoxy) is 2. The molecule has 1 atom stereocenters. The highest BCUT2D eigenvalue weighted by Crippen LogP contribution is 2.30. The second-order valence-electron chi connectivity index (χ2n) is 6.61. The summed E-state index contributed by atoms with van der Waals surface area (Å²) >= 11 is 0. The smallest absolute Gasteiger partial charge is 0.225 e. The molecule has 2 aliphatic heterocycles. The summed E-state index contributed by atoms with van der Waals surface area (Å²) in [6, 6.07) is 8.30. The Labute approximate surface area is 156 Å². The van der Waals surface area contributed by atoms with Crippen molar-refractivity contribution in [2.75, 3.05) is 32.8 Å². The fourth-order valence-electron chi connectivity index (χ4n) is 3.54. The van der Waals surface area contributed by atoms with Gasteiger partial charge in [-0.15, -0.1) is 12.4 Å². The lowest BCUT2D eigenvalue weighted by molar-refractivity contribution is -0.137. The average molecular weight is 369 g/mol. The molecule has 0 radical (unpaired) electrons. The first kappa shape index (κ1) is 20.2. The molecule has 1 aromatic rings. The van der Waals surface area contributed by atoms with Gasteiger partial charge in [-0.25, -0.2) is 0 Å². The molecule has 0 aromatic heterocycles. The van der Waals surface area contributed by atoms with Crippen LogP contribution in [0.15, 0.2) is 24.3 Å². The second-order valence-corrected chi connectivity index (χ2v) is 6.61. The minimum absolute atomic E-state index is 0. The van der Waals surface area contributed by atoms with Crippen LogP contribution in [0.1, 0.15) is 42.9 Å².